The number of imidazole rings is 1. The minimum absolute atomic E-state index is 0.178. The van der Waals surface area contributed by atoms with E-state index < -0.39 is 17.9 Å². The molecule has 28 heavy (non-hydrogen) atoms. The van der Waals surface area contributed by atoms with Gasteiger partial charge in [-0.05, 0) is 44.2 Å². The summed E-state index contributed by atoms with van der Waals surface area (Å²) in [5, 5.41) is 2.76. The number of hydrogen-bond acceptors (Lipinski definition) is 4. The van der Waals surface area contributed by atoms with Gasteiger partial charge in [-0.1, -0.05) is 0 Å². The number of rotatable bonds is 8. The Balaban J connectivity index is 1.79. The lowest BCUT2D eigenvalue weighted by Gasteiger charge is -2.17. The van der Waals surface area contributed by atoms with Crippen molar-refractivity contribution in [1.82, 2.24) is 14.9 Å². The van der Waals surface area contributed by atoms with E-state index in [0.717, 1.165) is 6.07 Å². The molecule has 0 saturated heterocycles. The summed E-state index contributed by atoms with van der Waals surface area (Å²) in [4.78, 5) is 16.6. The number of amides is 1. The van der Waals surface area contributed by atoms with Crippen LogP contribution in [-0.4, -0.2) is 41.5 Å². The van der Waals surface area contributed by atoms with Crippen LogP contribution in [0, 0.1) is 11.6 Å². The molecule has 0 radical (unpaired) electrons. The maximum Gasteiger partial charge on any atom is 0.251 e. The number of ether oxygens (including phenoxy) is 2. The Kier molecular flexibility index (Phi) is 6.33. The van der Waals surface area contributed by atoms with E-state index in [-0.39, 0.29) is 18.1 Å². The minimum atomic E-state index is -0.695. The second kappa shape index (κ2) is 8.90. The molecule has 1 amide bonds. The molecule has 148 valence electrons. The van der Waals surface area contributed by atoms with Gasteiger partial charge in [0.05, 0.1) is 23.3 Å². The molecule has 0 fully saturated rings. The van der Waals surface area contributed by atoms with Gasteiger partial charge in [-0.2, -0.15) is 0 Å². The first-order chi connectivity index (χ1) is 13.5. The summed E-state index contributed by atoms with van der Waals surface area (Å²) < 4.78 is 39.5. The molecule has 0 aliphatic carbocycles. The molecular formula is C20H21F2N3O3. The molecule has 0 aliphatic heterocycles. The molecule has 1 N–H and O–H groups in total. The van der Waals surface area contributed by atoms with Crippen molar-refractivity contribution in [1.29, 1.82) is 0 Å². The highest BCUT2D eigenvalue weighted by atomic mass is 19.1. The van der Waals surface area contributed by atoms with E-state index in [1.807, 2.05) is 13.8 Å². The Hall–Kier alpha value is -2.84. The lowest BCUT2D eigenvalue weighted by molar-refractivity contribution is -0.131. The largest absolute Gasteiger partial charge is 0.351 e. The van der Waals surface area contributed by atoms with Crippen molar-refractivity contribution >= 4 is 16.9 Å². The molecule has 0 aliphatic rings. The third kappa shape index (κ3) is 4.35. The topological polar surface area (TPSA) is 65.4 Å². The summed E-state index contributed by atoms with van der Waals surface area (Å²) in [7, 11) is 0. The Bertz CT molecular complexity index is 968. The van der Waals surface area contributed by atoms with Crippen molar-refractivity contribution < 1.29 is 23.0 Å². The predicted octanol–water partition coefficient (Wildman–Crippen LogP) is 3.43. The fraction of sp³-hybridized carbons (Fsp3) is 0.300. The monoisotopic (exact) mass is 389 g/mol. The third-order valence-electron chi connectivity index (χ3n) is 4.11. The Labute approximate surface area is 161 Å². The van der Waals surface area contributed by atoms with Gasteiger partial charge >= 0.3 is 0 Å². The number of carbonyl (C=O) groups is 1. The van der Waals surface area contributed by atoms with Crippen molar-refractivity contribution in [2.75, 3.05) is 19.8 Å². The van der Waals surface area contributed by atoms with E-state index in [4.69, 9.17) is 9.47 Å². The number of aromatic nitrogens is 2. The van der Waals surface area contributed by atoms with Gasteiger partial charge in [-0.25, -0.2) is 13.8 Å². The van der Waals surface area contributed by atoms with Crippen LogP contribution in [0.5, 0.6) is 0 Å². The van der Waals surface area contributed by atoms with Crippen molar-refractivity contribution in [3.05, 3.63) is 59.9 Å². The zero-order chi connectivity index (χ0) is 20.1. The number of hydrogen-bond donors (Lipinski definition) is 1. The van der Waals surface area contributed by atoms with Crippen LogP contribution in [0.2, 0.25) is 0 Å². The predicted molar refractivity (Wildman–Crippen MR) is 100 cm³/mol. The van der Waals surface area contributed by atoms with Gasteiger partial charge in [0.25, 0.3) is 5.91 Å². The number of carbonyl (C=O) groups excluding carboxylic acids is 1. The van der Waals surface area contributed by atoms with Crippen LogP contribution >= 0.6 is 0 Å². The SMILES string of the molecule is CCOC(CNC(=O)c1ccc2c(c1)ncn2-c1ccc(F)cc1F)OCC. The average Bonchev–Trinajstić information content (AvgIpc) is 3.09. The van der Waals surface area contributed by atoms with Gasteiger partial charge in [0.1, 0.15) is 18.0 Å². The zero-order valence-electron chi connectivity index (χ0n) is 15.6. The third-order valence-corrected chi connectivity index (χ3v) is 4.11. The van der Waals surface area contributed by atoms with E-state index in [0.29, 0.717) is 29.8 Å². The molecule has 6 nitrogen and oxygen atoms in total. The summed E-state index contributed by atoms with van der Waals surface area (Å²) in [6, 6.07) is 8.23. The Morgan fingerprint density at radius 3 is 2.57 bits per heavy atom. The first-order valence-electron chi connectivity index (χ1n) is 8.97. The summed E-state index contributed by atoms with van der Waals surface area (Å²) >= 11 is 0. The molecule has 0 unspecified atom stereocenters. The van der Waals surface area contributed by atoms with Crippen molar-refractivity contribution in [2.45, 2.75) is 20.1 Å². The van der Waals surface area contributed by atoms with Crippen molar-refractivity contribution in [3.63, 3.8) is 0 Å². The summed E-state index contributed by atoms with van der Waals surface area (Å²) in [5.74, 6) is -1.64. The lowest BCUT2D eigenvalue weighted by Crippen LogP contribution is -2.35. The van der Waals surface area contributed by atoms with Gasteiger partial charge in [0.15, 0.2) is 6.29 Å². The van der Waals surface area contributed by atoms with Crippen molar-refractivity contribution in [3.8, 4) is 5.69 Å². The molecule has 0 bridgehead atoms. The summed E-state index contributed by atoms with van der Waals surface area (Å²) in [6.45, 7) is 4.87. The molecule has 1 aromatic heterocycles. The number of nitrogens with one attached hydrogen (secondary N) is 1. The fourth-order valence-corrected chi connectivity index (χ4v) is 2.84. The van der Waals surface area contributed by atoms with E-state index in [2.05, 4.69) is 10.3 Å². The number of halogens is 2. The first-order valence-corrected chi connectivity index (χ1v) is 8.97. The molecular weight excluding hydrogens is 368 g/mol. The maximum absolute atomic E-state index is 14.1. The smallest absolute Gasteiger partial charge is 0.251 e. The number of nitrogens with zero attached hydrogens (tertiary/aromatic N) is 2. The van der Waals surface area contributed by atoms with Crippen LogP contribution in [-0.2, 0) is 9.47 Å². The van der Waals surface area contributed by atoms with Gasteiger partial charge in [-0.15, -0.1) is 0 Å². The highest BCUT2D eigenvalue weighted by Gasteiger charge is 2.14. The molecule has 2 aromatic carbocycles. The Morgan fingerprint density at radius 2 is 1.89 bits per heavy atom. The van der Waals surface area contributed by atoms with Crippen LogP contribution in [0.3, 0.4) is 0 Å². The maximum atomic E-state index is 14.1. The minimum Gasteiger partial charge on any atom is -0.351 e. The molecule has 3 rings (SSSR count). The normalized spacial score (nSPS) is 11.3. The molecule has 0 spiro atoms. The second-order valence-electron chi connectivity index (χ2n) is 5.96. The highest BCUT2D eigenvalue weighted by Crippen LogP contribution is 2.22. The molecule has 0 atom stereocenters. The van der Waals surface area contributed by atoms with Crippen LogP contribution < -0.4 is 5.32 Å². The van der Waals surface area contributed by atoms with E-state index in [1.54, 1.807) is 18.2 Å². The standard InChI is InChI=1S/C20H21F2N3O3/c1-3-27-19(28-4-2)11-23-20(26)13-5-7-18-16(9-13)24-12-25(18)17-8-6-14(21)10-15(17)22/h5-10,12,19H,3-4,11H2,1-2H3,(H,23,26). The van der Waals surface area contributed by atoms with Gasteiger partial charge in [0, 0.05) is 24.8 Å². The van der Waals surface area contributed by atoms with E-state index >= 15 is 0 Å². The van der Waals surface area contributed by atoms with Gasteiger partial charge < -0.3 is 14.8 Å². The van der Waals surface area contributed by atoms with E-state index in [9.17, 15) is 13.6 Å². The first kappa shape index (κ1) is 19.9. The van der Waals surface area contributed by atoms with Gasteiger partial charge in [0.2, 0.25) is 0 Å². The highest BCUT2D eigenvalue weighted by molar-refractivity contribution is 5.97. The molecule has 1 heterocycles. The molecule has 3 aromatic rings. The molecule has 0 saturated carbocycles. The molecule has 8 heteroatoms. The van der Waals surface area contributed by atoms with Crippen LogP contribution in [0.1, 0.15) is 24.2 Å². The second-order valence-corrected chi connectivity index (χ2v) is 5.96. The number of fused-ring (bicyclic) bond motifs is 1. The quantitative estimate of drug-likeness (QED) is 0.600. The number of benzene rings is 2. The summed E-state index contributed by atoms with van der Waals surface area (Å²) in [5.41, 5.74) is 1.70. The van der Waals surface area contributed by atoms with E-state index in [1.165, 1.54) is 23.0 Å². The summed E-state index contributed by atoms with van der Waals surface area (Å²) in [6.07, 6.45) is 0.923. The Morgan fingerprint density at radius 1 is 1.14 bits per heavy atom. The van der Waals surface area contributed by atoms with Crippen LogP contribution in [0.15, 0.2) is 42.7 Å². The fourth-order valence-electron chi connectivity index (χ4n) is 2.84. The van der Waals surface area contributed by atoms with Crippen molar-refractivity contribution in [2.24, 2.45) is 0 Å². The zero-order valence-corrected chi connectivity index (χ0v) is 15.6. The average molecular weight is 389 g/mol. The van der Waals surface area contributed by atoms with Crippen LogP contribution in [0.25, 0.3) is 16.7 Å². The lowest BCUT2D eigenvalue weighted by atomic mass is 10.2. The van der Waals surface area contributed by atoms with Crippen LogP contribution in [0.4, 0.5) is 8.78 Å². The van der Waals surface area contributed by atoms with Gasteiger partial charge in [-0.3, -0.25) is 9.36 Å².